The van der Waals surface area contributed by atoms with Crippen molar-refractivity contribution in [2.24, 2.45) is 11.3 Å². The van der Waals surface area contributed by atoms with Gasteiger partial charge < -0.3 is 24.1 Å². The summed E-state index contributed by atoms with van der Waals surface area (Å²) in [5, 5.41) is 21.1. The first-order valence-corrected chi connectivity index (χ1v) is 10.5. The average Bonchev–Trinajstić information content (AvgIpc) is 3.34. The van der Waals surface area contributed by atoms with Crippen molar-refractivity contribution in [3.8, 4) is 28.6 Å². The molecule has 2 aromatic carbocycles. The van der Waals surface area contributed by atoms with Crippen LogP contribution in [0.25, 0.3) is 22.3 Å². The molecule has 3 heterocycles. The van der Waals surface area contributed by atoms with E-state index >= 15 is 0 Å². The Balaban J connectivity index is 1.64. The average molecular weight is 408 g/mol. The topological polar surface area (TPSA) is 72.1 Å². The molecule has 1 unspecified atom stereocenters. The summed E-state index contributed by atoms with van der Waals surface area (Å²) < 4.78 is 18.2. The van der Waals surface area contributed by atoms with Crippen molar-refractivity contribution < 1.29 is 24.1 Å². The molecule has 2 saturated heterocycles. The van der Waals surface area contributed by atoms with Gasteiger partial charge in [0.25, 0.3) is 0 Å². The first-order chi connectivity index (χ1) is 14.2. The molecule has 0 spiro atoms. The van der Waals surface area contributed by atoms with Gasteiger partial charge in [-0.1, -0.05) is 13.8 Å². The Hall–Kier alpha value is -2.66. The lowest BCUT2D eigenvalue weighted by atomic mass is 9.62. The molecule has 0 radical (unpaired) electrons. The van der Waals surface area contributed by atoms with E-state index in [1.165, 1.54) is 0 Å². The molecule has 2 aliphatic rings. The molecule has 3 atom stereocenters. The number of benzene rings is 2. The normalized spacial score (nSPS) is 27.1. The Kier molecular flexibility index (Phi) is 4.13. The minimum atomic E-state index is -0.159. The molecule has 2 N–H and O–H groups in total. The largest absolute Gasteiger partial charge is 0.508 e. The van der Waals surface area contributed by atoms with E-state index in [9.17, 15) is 10.2 Å². The monoisotopic (exact) mass is 408 g/mol. The van der Waals surface area contributed by atoms with Crippen LogP contribution in [0.15, 0.2) is 40.8 Å². The van der Waals surface area contributed by atoms with Crippen molar-refractivity contribution in [2.45, 2.75) is 51.7 Å². The molecule has 0 saturated carbocycles. The number of aromatic hydroxyl groups is 2. The zero-order valence-corrected chi connectivity index (χ0v) is 17.9. The number of ether oxygens (including phenoxy) is 2. The Morgan fingerprint density at radius 3 is 2.57 bits per heavy atom. The first kappa shape index (κ1) is 19.3. The molecule has 5 nitrogen and oxygen atoms in total. The van der Waals surface area contributed by atoms with Crippen molar-refractivity contribution in [3.63, 3.8) is 0 Å². The molecule has 30 heavy (non-hydrogen) atoms. The lowest BCUT2D eigenvalue weighted by Gasteiger charge is -2.40. The lowest BCUT2D eigenvalue weighted by molar-refractivity contribution is 0.00596. The molecule has 2 aliphatic heterocycles. The van der Waals surface area contributed by atoms with Crippen LogP contribution in [-0.4, -0.2) is 29.0 Å². The van der Waals surface area contributed by atoms with Crippen molar-refractivity contribution in [1.29, 1.82) is 0 Å². The predicted molar refractivity (Wildman–Crippen MR) is 115 cm³/mol. The van der Waals surface area contributed by atoms with Gasteiger partial charge in [0.05, 0.1) is 18.8 Å². The van der Waals surface area contributed by atoms with Crippen LogP contribution < -0.4 is 4.74 Å². The van der Waals surface area contributed by atoms with E-state index in [4.69, 9.17) is 13.9 Å². The third-order valence-corrected chi connectivity index (χ3v) is 7.37. The number of phenolic OH excluding ortho intramolecular Hbond substituents is 2. The standard InChI is InChI=1S/C25H28O5/c1-24(2)22(25(3)8-7-23(24)30-25)13-18-17(10-16(27)12-20(18)28-4)21-9-14-5-6-15(26)11-19(14)29-21/h5-6,9-12,22-23,26-27H,7-8,13H2,1-4H3/t22?,23-,25+/m0/s1. The summed E-state index contributed by atoms with van der Waals surface area (Å²) in [6, 6.07) is 10.4. The summed E-state index contributed by atoms with van der Waals surface area (Å²) >= 11 is 0. The van der Waals surface area contributed by atoms with Crippen LogP contribution in [-0.2, 0) is 11.2 Å². The fourth-order valence-electron chi connectivity index (χ4n) is 5.73. The van der Waals surface area contributed by atoms with Gasteiger partial charge in [0.15, 0.2) is 0 Å². The Bertz CT molecular complexity index is 1120. The first-order valence-electron chi connectivity index (χ1n) is 10.5. The quantitative estimate of drug-likeness (QED) is 0.583. The van der Waals surface area contributed by atoms with E-state index in [0.29, 0.717) is 23.0 Å². The van der Waals surface area contributed by atoms with Crippen LogP contribution in [0.5, 0.6) is 17.2 Å². The number of hydrogen-bond acceptors (Lipinski definition) is 5. The highest BCUT2D eigenvalue weighted by atomic mass is 16.5. The van der Waals surface area contributed by atoms with Gasteiger partial charge in [-0.3, -0.25) is 0 Å². The van der Waals surface area contributed by atoms with Crippen LogP contribution in [0.2, 0.25) is 0 Å². The van der Waals surface area contributed by atoms with E-state index in [1.807, 2.05) is 12.1 Å². The summed E-state index contributed by atoms with van der Waals surface area (Å²) in [5.41, 5.74) is 2.31. The molecular weight excluding hydrogens is 380 g/mol. The third-order valence-electron chi connectivity index (χ3n) is 7.37. The van der Waals surface area contributed by atoms with Gasteiger partial charge in [-0.2, -0.15) is 0 Å². The molecule has 2 fully saturated rings. The Morgan fingerprint density at radius 1 is 1.07 bits per heavy atom. The third kappa shape index (κ3) is 2.79. The molecule has 0 aliphatic carbocycles. The van der Waals surface area contributed by atoms with Crippen molar-refractivity contribution in [1.82, 2.24) is 0 Å². The SMILES string of the molecule is COc1cc(O)cc(-c2cc3ccc(O)cc3o2)c1CC1C(C)(C)[C@@H]2CC[C@@]1(C)O2. The smallest absolute Gasteiger partial charge is 0.138 e. The van der Waals surface area contributed by atoms with Crippen molar-refractivity contribution in [2.75, 3.05) is 7.11 Å². The maximum atomic E-state index is 10.4. The van der Waals surface area contributed by atoms with Crippen LogP contribution in [0.1, 0.15) is 39.2 Å². The fraction of sp³-hybridized carbons (Fsp3) is 0.440. The van der Waals surface area contributed by atoms with E-state index < -0.39 is 0 Å². The number of furan rings is 1. The summed E-state index contributed by atoms with van der Waals surface area (Å²) in [5.74, 6) is 1.89. The van der Waals surface area contributed by atoms with Crippen molar-refractivity contribution >= 4 is 11.0 Å². The van der Waals surface area contributed by atoms with Gasteiger partial charge in [0.1, 0.15) is 28.6 Å². The number of methoxy groups -OCH3 is 1. The summed E-state index contributed by atoms with van der Waals surface area (Å²) in [7, 11) is 1.63. The molecule has 5 heteroatoms. The minimum Gasteiger partial charge on any atom is -0.508 e. The lowest BCUT2D eigenvalue weighted by Crippen LogP contribution is -2.41. The number of fused-ring (bicyclic) bond motifs is 3. The molecular formula is C25H28O5. The van der Waals surface area contributed by atoms with E-state index in [2.05, 4.69) is 20.8 Å². The molecule has 3 aromatic rings. The molecule has 2 bridgehead atoms. The summed E-state index contributed by atoms with van der Waals surface area (Å²) in [6.45, 7) is 6.81. The predicted octanol–water partition coefficient (Wildman–Crippen LogP) is 5.66. The molecule has 1 aromatic heterocycles. The zero-order chi connectivity index (χ0) is 21.3. The Labute approximate surface area is 176 Å². The van der Waals surface area contributed by atoms with Crippen LogP contribution in [0, 0.1) is 11.3 Å². The summed E-state index contributed by atoms with van der Waals surface area (Å²) in [6.07, 6.45) is 3.20. The molecule has 0 amide bonds. The minimum absolute atomic E-state index is 0.0484. The van der Waals surface area contributed by atoms with Gasteiger partial charge in [0.2, 0.25) is 0 Å². The van der Waals surface area contributed by atoms with E-state index in [-0.39, 0.29) is 28.6 Å². The van der Waals surface area contributed by atoms with Crippen LogP contribution in [0.3, 0.4) is 0 Å². The maximum Gasteiger partial charge on any atom is 0.138 e. The second-order valence-corrected chi connectivity index (χ2v) is 9.54. The molecule has 158 valence electrons. The summed E-state index contributed by atoms with van der Waals surface area (Å²) in [4.78, 5) is 0. The van der Waals surface area contributed by atoms with Gasteiger partial charge in [-0.05, 0) is 61.8 Å². The van der Waals surface area contributed by atoms with Gasteiger partial charge >= 0.3 is 0 Å². The maximum absolute atomic E-state index is 10.4. The zero-order valence-electron chi connectivity index (χ0n) is 17.9. The molecule has 5 rings (SSSR count). The number of hydrogen-bond donors (Lipinski definition) is 2. The van der Waals surface area contributed by atoms with Crippen LogP contribution in [0.4, 0.5) is 0 Å². The number of phenols is 2. The van der Waals surface area contributed by atoms with Gasteiger partial charge in [-0.15, -0.1) is 0 Å². The van der Waals surface area contributed by atoms with E-state index in [1.54, 1.807) is 31.4 Å². The highest BCUT2D eigenvalue weighted by Gasteiger charge is 2.60. The highest BCUT2D eigenvalue weighted by molar-refractivity contribution is 5.85. The number of rotatable bonds is 4. The van der Waals surface area contributed by atoms with Gasteiger partial charge in [0, 0.05) is 28.6 Å². The van der Waals surface area contributed by atoms with Crippen LogP contribution >= 0.6 is 0 Å². The Morgan fingerprint density at radius 2 is 1.87 bits per heavy atom. The van der Waals surface area contributed by atoms with Gasteiger partial charge in [-0.25, -0.2) is 0 Å². The highest BCUT2D eigenvalue weighted by Crippen LogP contribution is 2.59. The fourth-order valence-corrected chi connectivity index (χ4v) is 5.73. The van der Waals surface area contributed by atoms with E-state index in [0.717, 1.165) is 35.8 Å². The second-order valence-electron chi connectivity index (χ2n) is 9.54. The second kappa shape index (κ2) is 6.42. The van der Waals surface area contributed by atoms with Crippen molar-refractivity contribution in [3.05, 3.63) is 42.0 Å².